The predicted octanol–water partition coefficient (Wildman–Crippen LogP) is 1.50. The van der Waals surface area contributed by atoms with E-state index in [2.05, 4.69) is 13.8 Å². The van der Waals surface area contributed by atoms with E-state index in [-0.39, 0.29) is 5.97 Å². The maximum atomic E-state index is 10.7. The minimum atomic E-state index is -0.0452. The Morgan fingerprint density at radius 1 is 1.60 bits per heavy atom. The standard InChI is InChI=1S/C7H14O2Se/c1-4-9-7(8)5-10-6(2)3/h6H,4-5H2,1-3H3. The molecule has 0 aromatic rings. The molecular weight excluding hydrogens is 195 g/mol. The number of hydrogen-bond donors (Lipinski definition) is 0. The Kier molecular flexibility index (Phi) is 5.74. The Morgan fingerprint density at radius 2 is 2.20 bits per heavy atom. The summed E-state index contributed by atoms with van der Waals surface area (Å²) in [6.07, 6.45) is 0. The second-order valence-electron chi connectivity index (χ2n) is 2.16. The van der Waals surface area contributed by atoms with E-state index in [1.54, 1.807) is 0 Å². The van der Waals surface area contributed by atoms with Gasteiger partial charge in [0.1, 0.15) is 0 Å². The van der Waals surface area contributed by atoms with Crippen LogP contribution in [0.3, 0.4) is 0 Å². The molecule has 0 aromatic heterocycles. The molecule has 0 saturated heterocycles. The van der Waals surface area contributed by atoms with Crippen molar-refractivity contribution in [2.24, 2.45) is 0 Å². The fraction of sp³-hybridized carbons (Fsp3) is 0.857. The van der Waals surface area contributed by atoms with Crippen LogP contribution in [-0.4, -0.2) is 27.5 Å². The second kappa shape index (κ2) is 5.75. The topological polar surface area (TPSA) is 26.3 Å². The number of carbonyl (C=O) groups excluding carboxylic acids is 1. The molecular formula is C7H14O2Se. The van der Waals surface area contributed by atoms with Crippen LogP contribution >= 0.6 is 0 Å². The molecule has 0 fully saturated rings. The molecule has 0 unspecified atom stereocenters. The molecule has 0 heterocycles. The minimum absolute atomic E-state index is 0.0452. The van der Waals surface area contributed by atoms with Crippen molar-refractivity contribution < 1.29 is 9.53 Å². The molecule has 0 aromatic carbocycles. The monoisotopic (exact) mass is 210 g/mol. The Hall–Kier alpha value is -0.0105. The predicted molar refractivity (Wildman–Crippen MR) is 42.3 cm³/mol. The third-order valence-corrected chi connectivity index (χ3v) is 3.08. The Morgan fingerprint density at radius 3 is 2.60 bits per heavy atom. The summed E-state index contributed by atoms with van der Waals surface area (Å²) in [6, 6.07) is 0. The van der Waals surface area contributed by atoms with E-state index < -0.39 is 0 Å². The van der Waals surface area contributed by atoms with Gasteiger partial charge in [-0.05, 0) is 0 Å². The first-order chi connectivity index (χ1) is 4.66. The van der Waals surface area contributed by atoms with Crippen molar-refractivity contribution in [3.05, 3.63) is 0 Å². The van der Waals surface area contributed by atoms with Gasteiger partial charge in [-0.1, -0.05) is 0 Å². The summed E-state index contributed by atoms with van der Waals surface area (Å²) < 4.78 is 4.77. The normalized spacial score (nSPS) is 10.0. The number of hydrogen-bond acceptors (Lipinski definition) is 2. The summed E-state index contributed by atoms with van der Waals surface area (Å²) >= 11 is 0.423. The van der Waals surface area contributed by atoms with Gasteiger partial charge in [-0.3, -0.25) is 0 Å². The molecule has 0 bridgehead atoms. The van der Waals surface area contributed by atoms with Gasteiger partial charge in [0.05, 0.1) is 0 Å². The van der Waals surface area contributed by atoms with Crippen LogP contribution < -0.4 is 0 Å². The zero-order valence-corrected chi connectivity index (χ0v) is 8.43. The summed E-state index contributed by atoms with van der Waals surface area (Å²) in [5.74, 6) is -0.0452. The van der Waals surface area contributed by atoms with Crippen molar-refractivity contribution in [2.75, 3.05) is 6.61 Å². The van der Waals surface area contributed by atoms with E-state index in [9.17, 15) is 4.79 Å². The van der Waals surface area contributed by atoms with Crippen molar-refractivity contribution in [1.29, 1.82) is 0 Å². The van der Waals surface area contributed by atoms with E-state index in [0.717, 1.165) is 0 Å². The molecule has 0 saturated carbocycles. The van der Waals surface area contributed by atoms with E-state index in [0.29, 0.717) is 31.7 Å². The molecule has 0 amide bonds. The first-order valence-corrected chi connectivity index (χ1v) is 5.64. The molecule has 0 spiro atoms. The molecule has 3 heteroatoms. The maximum absolute atomic E-state index is 10.7. The number of carbonyl (C=O) groups is 1. The van der Waals surface area contributed by atoms with Crippen LogP contribution in [0.1, 0.15) is 20.8 Å². The molecule has 0 aliphatic heterocycles. The van der Waals surface area contributed by atoms with E-state index in [4.69, 9.17) is 4.74 Å². The van der Waals surface area contributed by atoms with Crippen LogP contribution in [0, 0.1) is 0 Å². The first-order valence-electron chi connectivity index (χ1n) is 3.44. The molecule has 0 atom stereocenters. The average molecular weight is 209 g/mol. The third kappa shape index (κ3) is 6.11. The fourth-order valence-corrected chi connectivity index (χ4v) is 1.60. The van der Waals surface area contributed by atoms with Crippen molar-refractivity contribution in [2.45, 2.75) is 30.9 Å². The van der Waals surface area contributed by atoms with Crippen molar-refractivity contribution in [3.63, 3.8) is 0 Å². The average Bonchev–Trinajstić information content (AvgIpc) is 1.85. The fourth-order valence-electron chi connectivity index (χ4n) is 0.437. The summed E-state index contributed by atoms with van der Waals surface area (Å²) in [6.45, 7) is 6.59. The van der Waals surface area contributed by atoms with Gasteiger partial charge in [0.2, 0.25) is 0 Å². The van der Waals surface area contributed by atoms with Gasteiger partial charge >= 0.3 is 68.0 Å². The quantitative estimate of drug-likeness (QED) is 0.518. The molecule has 0 N–H and O–H groups in total. The molecule has 0 rings (SSSR count). The van der Waals surface area contributed by atoms with E-state index in [1.165, 1.54) is 0 Å². The van der Waals surface area contributed by atoms with Crippen LogP contribution in [0.5, 0.6) is 0 Å². The first kappa shape index (κ1) is 9.99. The summed E-state index contributed by atoms with van der Waals surface area (Å²) in [4.78, 5) is 11.4. The molecule has 10 heavy (non-hydrogen) atoms. The van der Waals surface area contributed by atoms with Crippen LogP contribution in [-0.2, 0) is 9.53 Å². The Bertz CT molecular complexity index is 102. The molecule has 0 aliphatic carbocycles. The van der Waals surface area contributed by atoms with Gasteiger partial charge in [0, 0.05) is 0 Å². The van der Waals surface area contributed by atoms with Gasteiger partial charge in [0.25, 0.3) is 0 Å². The molecule has 0 radical (unpaired) electrons. The van der Waals surface area contributed by atoms with Crippen molar-refractivity contribution in [1.82, 2.24) is 0 Å². The summed E-state index contributed by atoms with van der Waals surface area (Å²) in [7, 11) is 0. The van der Waals surface area contributed by atoms with Crippen LogP contribution in [0.25, 0.3) is 0 Å². The van der Waals surface area contributed by atoms with Gasteiger partial charge in [-0.25, -0.2) is 0 Å². The second-order valence-corrected chi connectivity index (χ2v) is 5.45. The zero-order chi connectivity index (χ0) is 7.98. The van der Waals surface area contributed by atoms with Gasteiger partial charge < -0.3 is 0 Å². The van der Waals surface area contributed by atoms with E-state index >= 15 is 0 Å². The zero-order valence-electron chi connectivity index (χ0n) is 6.72. The molecule has 0 aliphatic rings. The van der Waals surface area contributed by atoms with Crippen LogP contribution in [0.4, 0.5) is 0 Å². The molecule has 2 nitrogen and oxygen atoms in total. The van der Waals surface area contributed by atoms with Crippen LogP contribution in [0.15, 0.2) is 0 Å². The van der Waals surface area contributed by atoms with Crippen LogP contribution in [0.2, 0.25) is 10.1 Å². The van der Waals surface area contributed by atoms with E-state index in [1.807, 2.05) is 6.92 Å². The number of rotatable bonds is 4. The SMILES string of the molecule is CCOC(=O)C[Se]C(C)C. The summed E-state index contributed by atoms with van der Waals surface area (Å²) in [5, 5.41) is 0.624. The number of ether oxygens (including phenoxy) is 1. The van der Waals surface area contributed by atoms with Gasteiger partial charge in [-0.15, -0.1) is 0 Å². The van der Waals surface area contributed by atoms with Gasteiger partial charge in [-0.2, -0.15) is 0 Å². The Labute approximate surface area is 68.5 Å². The Balaban J connectivity index is 3.22. The van der Waals surface area contributed by atoms with Crippen molar-refractivity contribution >= 4 is 20.9 Å². The molecule has 60 valence electrons. The van der Waals surface area contributed by atoms with Crippen molar-refractivity contribution in [3.8, 4) is 0 Å². The number of esters is 1. The van der Waals surface area contributed by atoms with Gasteiger partial charge in [0.15, 0.2) is 0 Å². The summed E-state index contributed by atoms with van der Waals surface area (Å²) in [5.41, 5.74) is 0. The third-order valence-electron chi connectivity index (χ3n) is 0.840.